The van der Waals surface area contributed by atoms with Gasteiger partial charge in [-0.1, -0.05) is 67.9 Å². The Bertz CT molecular complexity index is 2090. The molecule has 1 saturated heterocycles. The SMILES string of the molecule is CO[C@@H]1CCN(c2nc(-c3c(C)ccc4c3c(C)nn4S(=O)(=O)c3ccc(C)cc3)nc3c2CN(Cc2ccccc2)CC3)CC1(C)C. The van der Waals surface area contributed by atoms with E-state index >= 15 is 0 Å². The predicted molar refractivity (Wildman–Crippen MR) is 190 cm³/mol. The van der Waals surface area contributed by atoms with Crippen LogP contribution in [-0.4, -0.2) is 65.3 Å². The molecular weight excluding hydrogens is 621 g/mol. The minimum atomic E-state index is -3.93. The summed E-state index contributed by atoms with van der Waals surface area (Å²) in [5, 5.41) is 5.38. The van der Waals surface area contributed by atoms with Gasteiger partial charge in [-0.3, -0.25) is 4.90 Å². The summed E-state index contributed by atoms with van der Waals surface area (Å²) in [5.74, 6) is 1.58. The van der Waals surface area contributed by atoms with E-state index < -0.39 is 10.0 Å². The van der Waals surface area contributed by atoms with Crippen molar-refractivity contribution < 1.29 is 13.2 Å². The van der Waals surface area contributed by atoms with E-state index in [1.54, 1.807) is 31.4 Å². The maximum atomic E-state index is 13.9. The summed E-state index contributed by atoms with van der Waals surface area (Å²) in [7, 11) is -2.12. The molecule has 3 aromatic carbocycles. The van der Waals surface area contributed by atoms with E-state index in [4.69, 9.17) is 14.7 Å². The second-order valence-corrected chi connectivity index (χ2v) is 15.8. The lowest BCUT2D eigenvalue weighted by Gasteiger charge is -2.45. The number of nitrogens with zero attached hydrogens (tertiary/aromatic N) is 6. The van der Waals surface area contributed by atoms with Crippen molar-refractivity contribution in [2.24, 2.45) is 5.41 Å². The highest BCUT2D eigenvalue weighted by atomic mass is 32.2. The second-order valence-electron chi connectivity index (χ2n) is 14.1. The van der Waals surface area contributed by atoms with Crippen LogP contribution >= 0.6 is 0 Å². The maximum absolute atomic E-state index is 13.9. The van der Waals surface area contributed by atoms with Crippen LogP contribution in [0.4, 0.5) is 5.82 Å². The van der Waals surface area contributed by atoms with Gasteiger partial charge in [0.1, 0.15) is 5.82 Å². The molecule has 0 bridgehead atoms. The Kier molecular flexibility index (Phi) is 8.38. The molecule has 9 nitrogen and oxygen atoms in total. The molecule has 5 aromatic rings. The van der Waals surface area contributed by atoms with Crippen LogP contribution in [0.3, 0.4) is 0 Å². The third-order valence-corrected chi connectivity index (χ3v) is 11.7. The zero-order chi connectivity index (χ0) is 33.8. The third kappa shape index (κ3) is 5.80. The first-order valence-electron chi connectivity index (χ1n) is 16.7. The average Bonchev–Trinajstić information content (AvgIpc) is 3.41. The van der Waals surface area contributed by atoms with Crippen LogP contribution in [0.5, 0.6) is 0 Å². The summed E-state index contributed by atoms with van der Waals surface area (Å²) in [5.41, 5.74) is 7.39. The fraction of sp³-hybridized carbons (Fsp3) is 0.395. The molecule has 250 valence electrons. The molecule has 1 atom stereocenters. The summed E-state index contributed by atoms with van der Waals surface area (Å²) < 4.78 is 34.8. The molecule has 2 aliphatic rings. The number of fused-ring (bicyclic) bond motifs is 2. The molecule has 0 amide bonds. The van der Waals surface area contributed by atoms with Gasteiger partial charge < -0.3 is 9.64 Å². The first-order valence-corrected chi connectivity index (χ1v) is 18.2. The quantitative estimate of drug-likeness (QED) is 0.196. The fourth-order valence-electron chi connectivity index (χ4n) is 7.50. The summed E-state index contributed by atoms with van der Waals surface area (Å²) >= 11 is 0. The van der Waals surface area contributed by atoms with E-state index in [1.165, 1.54) is 15.2 Å². The molecule has 2 aromatic heterocycles. The maximum Gasteiger partial charge on any atom is 0.283 e. The molecule has 2 aliphatic heterocycles. The zero-order valence-corrected chi connectivity index (χ0v) is 29.5. The van der Waals surface area contributed by atoms with E-state index in [0.29, 0.717) is 17.0 Å². The number of benzene rings is 3. The lowest BCUT2D eigenvalue weighted by molar-refractivity contribution is -0.00650. The van der Waals surface area contributed by atoms with Gasteiger partial charge in [0.25, 0.3) is 10.0 Å². The molecule has 0 saturated carbocycles. The fourth-order valence-corrected chi connectivity index (χ4v) is 8.82. The molecule has 7 rings (SSSR count). The average molecular weight is 665 g/mol. The van der Waals surface area contributed by atoms with Gasteiger partial charge >= 0.3 is 0 Å². The minimum absolute atomic E-state index is 0.0681. The van der Waals surface area contributed by atoms with Crippen molar-refractivity contribution in [2.75, 3.05) is 31.6 Å². The molecule has 0 N–H and O–H groups in total. The Morgan fingerprint density at radius 3 is 2.40 bits per heavy atom. The van der Waals surface area contributed by atoms with Crippen molar-refractivity contribution >= 4 is 26.7 Å². The van der Waals surface area contributed by atoms with Gasteiger partial charge in [0, 0.05) is 68.2 Å². The number of hydrogen-bond donors (Lipinski definition) is 0. The van der Waals surface area contributed by atoms with E-state index in [9.17, 15) is 8.42 Å². The highest BCUT2D eigenvalue weighted by Crippen LogP contribution is 2.40. The molecule has 4 heterocycles. The van der Waals surface area contributed by atoms with Crippen LogP contribution in [0, 0.1) is 26.2 Å². The Hall–Kier alpha value is -4.12. The van der Waals surface area contributed by atoms with Crippen molar-refractivity contribution in [3.63, 3.8) is 0 Å². The van der Waals surface area contributed by atoms with Gasteiger partial charge in [-0.2, -0.15) is 17.6 Å². The van der Waals surface area contributed by atoms with Gasteiger partial charge in [-0.15, -0.1) is 0 Å². The first-order chi connectivity index (χ1) is 23.0. The Balaban J connectivity index is 1.36. The number of hydrogen-bond acceptors (Lipinski definition) is 8. The Morgan fingerprint density at radius 1 is 0.938 bits per heavy atom. The van der Waals surface area contributed by atoms with Crippen LogP contribution in [0.1, 0.15) is 53.9 Å². The number of anilines is 1. The van der Waals surface area contributed by atoms with Gasteiger partial charge in [0.15, 0.2) is 5.82 Å². The highest BCUT2D eigenvalue weighted by Gasteiger charge is 2.38. The standard InChI is InChI=1S/C38H44N6O3S/c1-25-12-15-29(16-13-25)48(45,46)44-32-17-14-26(2)34(35(32)27(3)41-44)36-39-31-18-20-42(22-28-10-8-7-9-11-28)23-30(31)37(40-36)43-21-19-33(47-6)38(4,5)24-43/h7-17,33H,18-24H2,1-6H3/t33-/m1/s1. The lowest BCUT2D eigenvalue weighted by Crippen LogP contribution is -2.50. The smallest absolute Gasteiger partial charge is 0.283 e. The summed E-state index contributed by atoms with van der Waals surface area (Å²) in [6.45, 7) is 14.5. The number of aryl methyl sites for hydroxylation is 3. The second kappa shape index (κ2) is 12.4. The highest BCUT2D eigenvalue weighted by molar-refractivity contribution is 7.90. The molecule has 0 spiro atoms. The van der Waals surface area contributed by atoms with Crippen molar-refractivity contribution in [2.45, 2.75) is 71.5 Å². The molecule has 0 radical (unpaired) electrons. The lowest BCUT2D eigenvalue weighted by atomic mass is 9.81. The van der Waals surface area contributed by atoms with Crippen LogP contribution in [-0.2, 0) is 34.3 Å². The third-order valence-electron chi connectivity index (χ3n) is 10.1. The molecule has 1 fully saturated rings. The van der Waals surface area contributed by atoms with E-state index in [0.717, 1.165) is 79.2 Å². The molecule has 48 heavy (non-hydrogen) atoms. The van der Waals surface area contributed by atoms with E-state index in [1.807, 2.05) is 32.9 Å². The van der Waals surface area contributed by atoms with Crippen molar-refractivity contribution in [1.29, 1.82) is 0 Å². The van der Waals surface area contributed by atoms with Crippen LogP contribution in [0.15, 0.2) is 71.6 Å². The molecule has 10 heteroatoms. The summed E-state index contributed by atoms with van der Waals surface area (Å²) in [4.78, 5) is 15.8. The first kappa shape index (κ1) is 32.4. The Labute approximate surface area is 283 Å². The van der Waals surface area contributed by atoms with Gasteiger partial charge in [-0.05, 0) is 56.5 Å². The van der Waals surface area contributed by atoms with E-state index in [-0.39, 0.29) is 16.4 Å². The molecule has 0 aliphatic carbocycles. The van der Waals surface area contributed by atoms with Crippen LogP contribution in [0.2, 0.25) is 0 Å². The normalized spacial score (nSPS) is 18.3. The van der Waals surface area contributed by atoms with Crippen LogP contribution in [0.25, 0.3) is 22.3 Å². The van der Waals surface area contributed by atoms with Gasteiger partial charge in [0.2, 0.25) is 0 Å². The Morgan fingerprint density at radius 2 is 1.69 bits per heavy atom. The zero-order valence-electron chi connectivity index (χ0n) is 28.7. The molecule has 0 unspecified atom stereocenters. The molecular formula is C38H44N6O3S. The monoisotopic (exact) mass is 664 g/mol. The number of piperidine rings is 1. The van der Waals surface area contributed by atoms with Crippen molar-refractivity contribution in [3.8, 4) is 11.4 Å². The van der Waals surface area contributed by atoms with Crippen molar-refractivity contribution in [1.82, 2.24) is 24.1 Å². The number of rotatable bonds is 7. The topological polar surface area (TPSA) is 93.4 Å². The van der Waals surface area contributed by atoms with Gasteiger partial charge in [-0.25, -0.2) is 9.97 Å². The van der Waals surface area contributed by atoms with Crippen LogP contribution < -0.4 is 4.90 Å². The number of aromatic nitrogens is 4. The summed E-state index contributed by atoms with van der Waals surface area (Å²) in [6, 6.07) is 21.3. The minimum Gasteiger partial charge on any atom is -0.381 e. The van der Waals surface area contributed by atoms with Crippen molar-refractivity contribution in [3.05, 3.63) is 100 Å². The summed E-state index contributed by atoms with van der Waals surface area (Å²) in [6.07, 6.45) is 1.88. The van der Waals surface area contributed by atoms with E-state index in [2.05, 4.69) is 59.1 Å². The number of ether oxygens (including phenoxy) is 1. The largest absolute Gasteiger partial charge is 0.381 e. The van der Waals surface area contributed by atoms with Gasteiger partial charge in [0.05, 0.1) is 27.9 Å². The predicted octanol–water partition coefficient (Wildman–Crippen LogP) is 6.47. The number of methoxy groups -OCH3 is 1.